The van der Waals surface area contributed by atoms with Crippen molar-refractivity contribution in [3.05, 3.63) is 40.4 Å². The number of rotatable bonds is 3. The summed E-state index contributed by atoms with van der Waals surface area (Å²) in [6.45, 7) is 3.09. The van der Waals surface area contributed by atoms with Crippen LogP contribution in [0.3, 0.4) is 0 Å². The van der Waals surface area contributed by atoms with Crippen LogP contribution in [0.4, 0.5) is 0 Å². The molecule has 0 aliphatic carbocycles. The fraction of sp³-hybridized carbons (Fsp3) is 0.357. The van der Waals surface area contributed by atoms with Gasteiger partial charge in [0.25, 0.3) is 0 Å². The molecule has 0 saturated carbocycles. The Morgan fingerprint density at radius 1 is 1.25 bits per heavy atom. The van der Waals surface area contributed by atoms with E-state index in [1.54, 1.807) is 7.05 Å². The van der Waals surface area contributed by atoms with Gasteiger partial charge in [-0.3, -0.25) is 4.90 Å². The summed E-state index contributed by atoms with van der Waals surface area (Å²) in [7, 11) is 1.77. The third-order valence-electron chi connectivity index (χ3n) is 3.36. The van der Waals surface area contributed by atoms with E-state index < -0.39 is 0 Å². The van der Waals surface area contributed by atoms with E-state index in [9.17, 15) is 0 Å². The van der Waals surface area contributed by atoms with Crippen molar-refractivity contribution in [2.75, 3.05) is 13.1 Å². The van der Waals surface area contributed by atoms with Crippen molar-refractivity contribution < 1.29 is 0 Å². The average molecular weight is 334 g/mol. The summed E-state index contributed by atoms with van der Waals surface area (Å²) in [6, 6.07) is 8.39. The van der Waals surface area contributed by atoms with Crippen molar-refractivity contribution in [3.63, 3.8) is 0 Å². The fourth-order valence-electron chi connectivity index (χ4n) is 2.25. The van der Waals surface area contributed by atoms with E-state index in [2.05, 4.69) is 66.6 Å². The summed E-state index contributed by atoms with van der Waals surface area (Å²) >= 11 is 3.55. The molecule has 1 aliphatic heterocycles. The van der Waals surface area contributed by atoms with Crippen molar-refractivity contribution in [3.8, 4) is 11.4 Å². The first kappa shape index (κ1) is 13.5. The first-order chi connectivity index (χ1) is 9.70. The van der Waals surface area contributed by atoms with Crippen LogP contribution in [0, 0.1) is 0 Å². The van der Waals surface area contributed by atoms with E-state index in [0.717, 1.165) is 31.6 Å². The Morgan fingerprint density at radius 3 is 2.65 bits per heavy atom. The molecule has 0 saturated heterocycles. The lowest BCUT2D eigenvalue weighted by Gasteiger charge is -2.24. The molecule has 0 fully saturated rings. The van der Waals surface area contributed by atoms with Crippen LogP contribution in [0.1, 0.15) is 12.0 Å². The van der Waals surface area contributed by atoms with Crippen molar-refractivity contribution >= 4 is 15.9 Å². The van der Waals surface area contributed by atoms with Gasteiger partial charge in [-0.15, -0.1) is 10.2 Å². The number of aromatic nitrogens is 4. The molecule has 1 aromatic heterocycles. The van der Waals surface area contributed by atoms with E-state index >= 15 is 0 Å². The lowest BCUT2D eigenvalue weighted by atomic mass is 10.1. The number of nitrogens with zero attached hydrogens (tertiary/aromatic N) is 5. The average Bonchev–Trinajstić information content (AvgIpc) is 2.89. The van der Waals surface area contributed by atoms with Gasteiger partial charge in [-0.2, -0.15) is 4.80 Å². The molecule has 20 heavy (non-hydrogen) atoms. The quantitative estimate of drug-likeness (QED) is 0.865. The summed E-state index contributed by atoms with van der Waals surface area (Å²) in [5.41, 5.74) is 2.31. The van der Waals surface area contributed by atoms with E-state index in [1.165, 1.54) is 14.8 Å². The Bertz CT molecular complexity index is 617. The molecule has 0 spiro atoms. The van der Waals surface area contributed by atoms with Gasteiger partial charge in [0, 0.05) is 25.2 Å². The molecule has 5 nitrogen and oxygen atoms in total. The second kappa shape index (κ2) is 5.85. The minimum absolute atomic E-state index is 0.670. The molecule has 2 heterocycles. The summed E-state index contributed by atoms with van der Waals surface area (Å²) in [5.74, 6) is 0.670. The molecule has 2 aromatic rings. The Labute approximate surface area is 126 Å². The van der Waals surface area contributed by atoms with Gasteiger partial charge in [-0.1, -0.05) is 46.3 Å². The van der Waals surface area contributed by atoms with E-state index in [1.807, 2.05) is 0 Å². The van der Waals surface area contributed by atoms with Crippen LogP contribution < -0.4 is 0 Å². The van der Waals surface area contributed by atoms with Crippen LogP contribution in [-0.4, -0.2) is 38.2 Å². The highest BCUT2D eigenvalue weighted by Gasteiger charge is 2.11. The van der Waals surface area contributed by atoms with Gasteiger partial charge in [0.1, 0.15) is 0 Å². The Morgan fingerprint density at radius 2 is 2.05 bits per heavy atom. The third-order valence-corrected chi connectivity index (χ3v) is 4.08. The van der Waals surface area contributed by atoms with Crippen LogP contribution in [0.15, 0.2) is 34.8 Å². The van der Waals surface area contributed by atoms with Gasteiger partial charge >= 0.3 is 0 Å². The molecule has 0 amide bonds. The molecule has 0 radical (unpaired) electrons. The predicted molar refractivity (Wildman–Crippen MR) is 81.1 cm³/mol. The maximum Gasteiger partial charge on any atom is 0.204 e. The SMILES string of the molecule is Cn1nnc(-c2ccc(CN3CC=C(Br)CC3)cc2)n1. The highest BCUT2D eigenvalue weighted by atomic mass is 79.9. The van der Waals surface area contributed by atoms with E-state index in [0.29, 0.717) is 5.82 Å². The molecule has 0 N–H and O–H groups in total. The van der Waals surface area contributed by atoms with Crippen LogP contribution in [0.2, 0.25) is 0 Å². The molecule has 0 unspecified atom stereocenters. The summed E-state index contributed by atoms with van der Waals surface area (Å²) in [4.78, 5) is 3.90. The number of aryl methyl sites for hydroxylation is 1. The van der Waals surface area contributed by atoms with Crippen LogP contribution in [-0.2, 0) is 13.6 Å². The van der Waals surface area contributed by atoms with E-state index in [4.69, 9.17) is 0 Å². The largest absolute Gasteiger partial charge is 0.295 e. The molecule has 1 aromatic carbocycles. The molecule has 1 aliphatic rings. The smallest absolute Gasteiger partial charge is 0.204 e. The number of hydrogen-bond donors (Lipinski definition) is 0. The summed E-state index contributed by atoms with van der Waals surface area (Å²) in [5, 5.41) is 12.1. The first-order valence-electron chi connectivity index (χ1n) is 6.61. The van der Waals surface area contributed by atoms with Crippen molar-refractivity contribution in [1.29, 1.82) is 0 Å². The first-order valence-corrected chi connectivity index (χ1v) is 7.40. The number of tetrazole rings is 1. The van der Waals surface area contributed by atoms with Crippen molar-refractivity contribution in [1.82, 2.24) is 25.1 Å². The standard InChI is InChI=1S/C14H16BrN5/c1-19-17-14(16-18-19)12-4-2-11(3-5-12)10-20-8-6-13(15)7-9-20/h2-6H,7-10H2,1H3. The monoisotopic (exact) mass is 333 g/mol. The zero-order chi connectivity index (χ0) is 13.9. The Hall–Kier alpha value is -1.53. The van der Waals surface area contributed by atoms with Gasteiger partial charge < -0.3 is 0 Å². The topological polar surface area (TPSA) is 46.8 Å². The van der Waals surface area contributed by atoms with Crippen LogP contribution in [0.5, 0.6) is 0 Å². The van der Waals surface area contributed by atoms with Gasteiger partial charge in [0.15, 0.2) is 0 Å². The van der Waals surface area contributed by atoms with Crippen molar-refractivity contribution in [2.24, 2.45) is 7.05 Å². The molecule has 3 rings (SSSR count). The molecule has 0 bridgehead atoms. The minimum Gasteiger partial charge on any atom is -0.295 e. The van der Waals surface area contributed by atoms with Gasteiger partial charge in [-0.05, 0) is 21.7 Å². The zero-order valence-corrected chi connectivity index (χ0v) is 12.9. The van der Waals surface area contributed by atoms with Crippen LogP contribution in [0.25, 0.3) is 11.4 Å². The Kier molecular flexibility index (Phi) is 3.93. The number of benzene rings is 1. The summed E-state index contributed by atoms with van der Waals surface area (Å²) < 4.78 is 1.32. The second-order valence-electron chi connectivity index (χ2n) is 4.94. The van der Waals surface area contributed by atoms with Gasteiger partial charge in [-0.25, -0.2) is 0 Å². The normalized spacial score (nSPS) is 16.2. The lowest BCUT2D eigenvalue weighted by Crippen LogP contribution is -2.27. The van der Waals surface area contributed by atoms with Crippen LogP contribution >= 0.6 is 15.9 Å². The predicted octanol–water partition coefficient (Wildman–Crippen LogP) is 2.36. The Balaban J connectivity index is 1.67. The number of halogens is 1. The minimum atomic E-state index is 0.670. The highest BCUT2D eigenvalue weighted by molar-refractivity contribution is 9.11. The van der Waals surface area contributed by atoms with Crippen molar-refractivity contribution in [2.45, 2.75) is 13.0 Å². The third kappa shape index (κ3) is 3.13. The highest BCUT2D eigenvalue weighted by Crippen LogP contribution is 2.19. The molecule has 104 valence electrons. The van der Waals surface area contributed by atoms with E-state index in [-0.39, 0.29) is 0 Å². The molecular formula is C14H16BrN5. The van der Waals surface area contributed by atoms with Gasteiger partial charge in [0.05, 0.1) is 7.05 Å². The zero-order valence-electron chi connectivity index (χ0n) is 11.3. The lowest BCUT2D eigenvalue weighted by molar-refractivity contribution is 0.289. The molecular weight excluding hydrogens is 318 g/mol. The maximum absolute atomic E-state index is 4.21. The maximum atomic E-state index is 4.21. The van der Waals surface area contributed by atoms with Gasteiger partial charge in [0.2, 0.25) is 5.82 Å². The fourth-order valence-corrected chi connectivity index (χ4v) is 2.57. The second-order valence-corrected chi connectivity index (χ2v) is 5.95. The molecule has 6 heteroatoms. The summed E-state index contributed by atoms with van der Waals surface area (Å²) in [6.07, 6.45) is 3.34. The number of hydrogen-bond acceptors (Lipinski definition) is 4. The molecule has 0 atom stereocenters.